The lowest BCUT2D eigenvalue weighted by atomic mass is 10.1. The Hall–Kier alpha value is -1.38. The van der Waals surface area contributed by atoms with Crippen molar-refractivity contribution in [2.45, 2.75) is 46.3 Å². The second-order valence-electron chi connectivity index (χ2n) is 5.66. The lowest BCUT2D eigenvalue weighted by Crippen LogP contribution is -2.39. The van der Waals surface area contributed by atoms with Crippen molar-refractivity contribution in [1.29, 1.82) is 0 Å². The van der Waals surface area contributed by atoms with Crippen LogP contribution >= 0.6 is 24.0 Å². The summed E-state index contributed by atoms with van der Waals surface area (Å²) in [7, 11) is 1.64. The molecule has 0 aromatic heterocycles. The second-order valence-corrected chi connectivity index (χ2v) is 5.66. The molecule has 0 spiro atoms. The fourth-order valence-electron chi connectivity index (χ4n) is 1.97. The van der Waals surface area contributed by atoms with Crippen LogP contribution in [0.1, 0.15) is 44.4 Å². The van der Waals surface area contributed by atoms with Crippen molar-refractivity contribution < 1.29 is 13.9 Å². The molecule has 1 aromatic rings. The van der Waals surface area contributed by atoms with E-state index in [0.29, 0.717) is 18.1 Å². The topological polar surface area (TPSA) is 62.7 Å². The van der Waals surface area contributed by atoms with Crippen molar-refractivity contribution in [3.8, 4) is 0 Å². The van der Waals surface area contributed by atoms with Crippen molar-refractivity contribution in [2.75, 3.05) is 13.6 Å². The van der Waals surface area contributed by atoms with Gasteiger partial charge in [0, 0.05) is 13.6 Å². The summed E-state index contributed by atoms with van der Waals surface area (Å²) in [5.74, 6) is 0.0722. The minimum Gasteiger partial charge on any atom is -0.463 e. The smallest absolute Gasteiger partial charge is 0.307 e. The van der Waals surface area contributed by atoms with Crippen molar-refractivity contribution in [3.05, 3.63) is 35.1 Å². The summed E-state index contributed by atoms with van der Waals surface area (Å²) in [5.41, 5.74) is 1.45. The summed E-state index contributed by atoms with van der Waals surface area (Å²) in [6, 6.07) is 5.03. The van der Waals surface area contributed by atoms with Gasteiger partial charge in [0.2, 0.25) is 0 Å². The number of guanidine groups is 1. The highest BCUT2D eigenvalue weighted by Gasteiger charge is 2.10. The average molecular weight is 451 g/mol. The molecular formula is C17H27FIN3O2. The van der Waals surface area contributed by atoms with Gasteiger partial charge in [0.25, 0.3) is 0 Å². The van der Waals surface area contributed by atoms with Crippen molar-refractivity contribution in [2.24, 2.45) is 4.99 Å². The first-order chi connectivity index (χ1) is 10.8. The fraction of sp³-hybridized carbons (Fsp3) is 0.529. The largest absolute Gasteiger partial charge is 0.463 e. The first kappa shape index (κ1) is 22.6. The quantitative estimate of drug-likeness (QED) is 0.302. The summed E-state index contributed by atoms with van der Waals surface area (Å²) in [6.07, 6.45) is 0.142. The van der Waals surface area contributed by atoms with E-state index in [0.717, 1.165) is 5.56 Å². The molecule has 0 saturated heterocycles. The Balaban J connectivity index is 0.00000529. The SMILES string of the molecule is CN=C(NCCC(=O)OC(C)C)NC(C)c1ccc(C)c(F)c1.I. The van der Waals surface area contributed by atoms with Crippen LogP contribution in [-0.2, 0) is 9.53 Å². The van der Waals surface area contributed by atoms with E-state index in [4.69, 9.17) is 4.74 Å². The van der Waals surface area contributed by atoms with Gasteiger partial charge in [-0.25, -0.2) is 4.39 Å². The van der Waals surface area contributed by atoms with Crippen LogP contribution < -0.4 is 10.6 Å². The maximum Gasteiger partial charge on any atom is 0.307 e. The summed E-state index contributed by atoms with van der Waals surface area (Å²) >= 11 is 0. The van der Waals surface area contributed by atoms with E-state index in [1.54, 1.807) is 20.0 Å². The Labute approximate surface area is 160 Å². The molecule has 0 saturated carbocycles. The van der Waals surface area contributed by atoms with Gasteiger partial charge < -0.3 is 15.4 Å². The predicted molar refractivity (Wildman–Crippen MR) is 105 cm³/mol. The number of rotatable bonds is 6. The zero-order valence-electron chi connectivity index (χ0n) is 14.9. The van der Waals surface area contributed by atoms with E-state index in [-0.39, 0.29) is 54.3 Å². The predicted octanol–water partition coefficient (Wildman–Crippen LogP) is 3.32. The molecule has 7 heteroatoms. The number of carbonyl (C=O) groups is 1. The van der Waals surface area contributed by atoms with Crippen molar-refractivity contribution >= 4 is 35.9 Å². The van der Waals surface area contributed by atoms with Gasteiger partial charge >= 0.3 is 5.97 Å². The van der Waals surface area contributed by atoms with E-state index in [1.165, 1.54) is 6.07 Å². The number of esters is 1. The van der Waals surface area contributed by atoms with Crippen molar-refractivity contribution in [3.63, 3.8) is 0 Å². The van der Waals surface area contributed by atoms with Gasteiger partial charge in [-0.05, 0) is 44.9 Å². The molecular weight excluding hydrogens is 424 g/mol. The molecule has 0 bridgehead atoms. The van der Waals surface area contributed by atoms with Crippen molar-refractivity contribution in [1.82, 2.24) is 10.6 Å². The van der Waals surface area contributed by atoms with Gasteiger partial charge in [-0.15, -0.1) is 24.0 Å². The standard InChI is InChI=1S/C17H26FN3O2.HI/c1-11(2)23-16(22)8-9-20-17(19-5)21-13(4)14-7-6-12(3)15(18)10-14;/h6-7,10-11,13H,8-9H2,1-5H3,(H2,19,20,21);1H. The van der Waals surface area contributed by atoms with Crippen LogP contribution in [0, 0.1) is 12.7 Å². The number of benzene rings is 1. The molecule has 0 aliphatic heterocycles. The highest BCUT2D eigenvalue weighted by molar-refractivity contribution is 14.0. The molecule has 1 unspecified atom stereocenters. The van der Waals surface area contributed by atoms with Crippen LogP contribution in [0.25, 0.3) is 0 Å². The molecule has 5 nitrogen and oxygen atoms in total. The summed E-state index contributed by atoms with van der Waals surface area (Å²) in [5, 5.41) is 6.21. The van der Waals surface area contributed by atoms with Crippen LogP contribution in [0.5, 0.6) is 0 Å². The minimum absolute atomic E-state index is 0. The summed E-state index contributed by atoms with van der Waals surface area (Å²) in [4.78, 5) is 15.6. The molecule has 0 aliphatic rings. The van der Waals surface area contributed by atoms with Gasteiger partial charge in [0.15, 0.2) is 5.96 Å². The number of nitrogens with one attached hydrogen (secondary N) is 2. The molecule has 0 fully saturated rings. The van der Waals surface area contributed by atoms with E-state index >= 15 is 0 Å². The maximum atomic E-state index is 13.6. The molecule has 1 aromatic carbocycles. The number of halogens is 2. The Morgan fingerprint density at radius 3 is 2.54 bits per heavy atom. The highest BCUT2D eigenvalue weighted by atomic mass is 127. The number of hydrogen-bond donors (Lipinski definition) is 2. The Kier molecular flexibility index (Phi) is 10.6. The zero-order chi connectivity index (χ0) is 17.4. The molecule has 24 heavy (non-hydrogen) atoms. The lowest BCUT2D eigenvalue weighted by molar-refractivity contribution is -0.147. The first-order valence-electron chi connectivity index (χ1n) is 7.76. The molecule has 1 rings (SSSR count). The Bertz CT molecular complexity index is 565. The van der Waals surface area contributed by atoms with Crippen LogP contribution in [0.2, 0.25) is 0 Å². The van der Waals surface area contributed by atoms with Crippen LogP contribution in [0.4, 0.5) is 4.39 Å². The lowest BCUT2D eigenvalue weighted by Gasteiger charge is -2.18. The highest BCUT2D eigenvalue weighted by Crippen LogP contribution is 2.16. The van der Waals surface area contributed by atoms with Gasteiger partial charge in [0.1, 0.15) is 5.82 Å². The number of nitrogens with zero attached hydrogens (tertiary/aromatic N) is 1. The van der Waals surface area contributed by atoms with Gasteiger partial charge in [-0.1, -0.05) is 12.1 Å². The minimum atomic E-state index is -0.253. The van der Waals surface area contributed by atoms with E-state index < -0.39 is 0 Å². The van der Waals surface area contributed by atoms with Gasteiger partial charge in [0.05, 0.1) is 18.6 Å². The normalized spacial score (nSPS) is 12.4. The van der Waals surface area contributed by atoms with Gasteiger partial charge in [-0.2, -0.15) is 0 Å². The van der Waals surface area contributed by atoms with E-state index in [9.17, 15) is 9.18 Å². The summed E-state index contributed by atoms with van der Waals surface area (Å²) in [6.45, 7) is 7.69. The summed E-state index contributed by atoms with van der Waals surface area (Å²) < 4.78 is 18.7. The third-order valence-electron chi connectivity index (χ3n) is 3.26. The molecule has 0 aliphatic carbocycles. The molecule has 0 amide bonds. The number of aliphatic imine (C=N–C) groups is 1. The first-order valence-corrected chi connectivity index (χ1v) is 7.76. The third kappa shape index (κ3) is 7.94. The fourth-order valence-corrected chi connectivity index (χ4v) is 1.97. The monoisotopic (exact) mass is 451 g/mol. The van der Waals surface area contributed by atoms with Crippen LogP contribution in [0.15, 0.2) is 23.2 Å². The van der Waals surface area contributed by atoms with E-state index in [1.807, 2.05) is 26.8 Å². The number of hydrogen-bond acceptors (Lipinski definition) is 3. The number of ether oxygens (including phenoxy) is 1. The van der Waals surface area contributed by atoms with Crippen LogP contribution in [-0.4, -0.2) is 31.6 Å². The zero-order valence-corrected chi connectivity index (χ0v) is 17.2. The second kappa shape index (κ2) is 11.2. The molecule has 0 heterocycles. The molecule has 136 valence electrons. The number of aryl methyl sites for hydroxylation is 1. The third-order valence-corrected chi connectivity index (χ3v) is 3.26. The van der Waals surface area contributed by atoms with Crippen LogP contribution in [0.3, 0.4) is 0 Å². The Morgan fingerprint density at radius 1 is 1.33 bits per heavy atom. The Morgan fingerprint density at radius 2 is 2.00 bits per heavy atom. The molecule has 1 atom stereocenters. The average Bonchev–Trinajstić information content (AvgIpc) is 2.48. The van der Waals surface area contributed by atoms with E-state index in [2.05, 4.69) is 15.6 Å². The number of carbonyl (C=O) groups excluding carboxylic acids is 1. The molecule has 2 N–H and O–H groups in total. The maximum absolute atomic E-state index is 13.6. The molecule has 0 radical (unpaired) electrons. The van der Waals surface area contributed by atoms with Gasteiger partial charge in [-0.3, -0.25) is 9.79 Å².